The molecule has 5 heteroatoms. The molecule has 1 aromatic heterocycles. The van der Waals surface area contributed by atoms with Crippen LogP contribution in [0.15, 0.2) is 18.3 Å². The minimum atomic E-state index is -0.460. The second-order valence-corrected chi connectivity index (χ2v) is 4.90. The van der Waals surface area contributed by atoms with Crippen LogP contribution in [0.5, 0.6) is 0 Å². The molecule has 1 fully saturated rings. The van der Waals surface area contributed by atoms with Crippen molar-refractivity contribution in [3.05, 3.63) is 29.0 Å². The van der Waals surface area contributed by atoms with E-state index in [-0.39, 0.29) is 12.5 Å². The Labute approximate surface area is 105 Å². The Morgan fingerprint density at radius 3 is 2.71 bits per heavy atom. The highest BCUT2D eigenvalue weighted by Crippen LogP contribution is 2.29. The van der Waals surface area contributed by atoms with Gasteiger partial charge in [0.1, 0.15) is 5.69 Å². The predicted octanol–water partition coefficient (Wildman–Crippen LogP) is 1.77. The van der Waals surface area contributed by atoms with E-state index >= 15 is 0 Å². The molecule has 0 aliphatic heterocycles. The van der Waals surface area contributed by atoms with Crippen molar-refractivity contribution in [3.63, 3.8) is 0 Å². The largest absolute Gasteiger partial charge is 0.394 e. The fourth-order valence-electron chi connectivity index (χ4n) is 2.19. The molecule has 1 amide bonds. The maximum absolute atomic E-state index is 11.9. The number of aliphatic hydroxyl groups is 1. The molecular formula is C12H15ClN2O2. The van der Waals surface area contributed by atoms with Gasteiger partial charge in [-0.25, -0.2) is 4.98 Å². The fourth-order valence-corrected chi connectivity index (χ4v) is 2.30. The number of hydrogen-bond acceptors (Lipinski definition) is 3. The van der Waals surface area contributed by atoms with Gasteiger partial charge in [0.15, 0.2) is 0 Å². The van der Waals surface area contributed by atoms with Crippen molar-refractivity contribution in [1.29, 1.82) is 0 Å². The van der Waals surface area contributed by atoms with E-state index < -0.39 is 5.54 Å². The van der Waals surface area contributed by atoms with E-state index in [9.17, 15) is 9.90 Å². The third kappa shape index (κ3) is 2.76. The molecule has 0 bridgehead atoms. The lowest BCUT2D eigenvalue weighted by Crippen LogP contribution is -2.49. The molecule has 0 saturated heterocycles. The van der Waals surface area contributed by atoms with Gasteiger partial charge in [-0.15, -0.1) is 0 Å². The maximum Gasteiger partial charge on any atom is 0.270 e. The summed E-state index contributed by atoms with van der Waals surface area (Å²) in [5, 5.41) is 12.8. The van der Waals surface area contributed by atoms with Gasteiger partial charge in [0, 0.05) is 6.20 Å². The van der Waals surface area contributed by atoms with Crippen LogP contribution in [0.2, 0.25) is 5.02 Å². The third-order valence-electron chi connectivity index (χ3n) is 3.20. The summed E-state index contributed by atoms with van der Waals surface area (Å²) in [6, 6.07) is 3.21. The fraction of sp³-hybridized carbons (Fsp3) is 0.500. The Morgan fingerprint density at radius 1 is 1.47 bits per heavy atom. The molecule has 0 radical (unpaired) electrons. The molecule has 4 nitrogen and oxygen atoms in total. The van der Waals surface area contributed by atoms with Gasteiger partial charge in [0.25, 0.3) is 5.91 Å². The Morgan fingerprint density at radius 2 is 2.18 bits per heavy atom. The molecule has 0 atom stereocenters. The molecule has 1 aromatic rings. The first-order valence-electron chi connectivity index (χ1n) is 5.70. The van der Waals surface area contributed by atoms with Gasteiger partial charge in [-0.2, -0.15) is 0 Å². The molecule has 17 heavy (non-hydrogen) atoms. The SMILES string of the molecule is O=C(NC1(CO)CCCC1)c1ccc(Cl)cn1. The monoisotopic (exact) mass is 254 g/mol. The summed E-state index contributed by atoms with van der Waals surface area (Å²) in [7, 11) is 0. The van der Waals surface area contributed by atoms with Crippen molar-refractivity contribution in [2.75, 3.05) is 6.61 Å². The van der Waals surface area contributed by atoms with Gasteiger partial charge in [-0.3, -0.25) is 4.79 Å². The molecule has 2 rings (SSSR count). The van der Waals surface area contributed by atoms with Gasteiger partial charge >= 0.3 is 0 Å². The summed E-state index contributed by atoms with van der Waals surface area (Å²) in [5.41, 5.74) is -0.132. The van der Waals surface area contributed by atoms with Crippen LogP contribution in [-0.4, -0.2) is 28.1 Å². The number of nitrogens with zero attached hydrogens (tertiary/aromatic N) is 1. The van der Waals surface area contributed by atoms with E-state index in [1.54, 1.807) is 12.1 Å². The number of pyridine rings is 1. The number of hydrogen-bond donors (Lipinski definition) is 2. The number of nitrogens with one attached hydrogen (secondary N) is 1. The van der Waals surface area contributed by atoms with Crippen LogP contribution in [0.3, 0.4) is 0 Å². The highest BCUT2D eigenvalue weighted by molar-refractivity contribution is 6.30. The number of aromatic nitrogens is 1. The van der Waals surface area contributed by atoms with E-state index in [1.807, 2.05) is 0 Å². The van der Waals surface area contributed by atoms with Gasteiger partial charge in [-0.1, -0.05) is 24.4 Å². The first-order chi connectivity index (χ1) is 8.15. The predicted molar refractivity (Wildman–Crippen MR) is 65.0 cm³/mol. The molecule has 1 aliphatic carbocycles. The lowest BCUT2D eigenvalue weighted by Gasteiger charge is -2.27. The summed E-state index contributed by atoms with van der Waals surface area (Å²) in [6.07, 6.45) is 5.16. The highest BCUT2D eigenvalue weighted by atomic mass is 35.5. The van der Waals surface area contributed by atoms with Crippen LogP contribution >= 0.6 is 11.6 Å². The number of rotatable bonds is 3. The molecule has 1 aliphatic rings. The molecule has 0 spiro atoms. The molecule has 1 heterocycles. The minimum Gasteiger partial charge on any atom is -0.394 e. The zero-order valence-electron chi connectivity index (χ0n) is 9.45. The van der Waals surface area contributed by atoms with Crippen molar-refractivity contribution in [2.24, 2.45) is 0 Å². The summed E-state index contributed by atoms with van der Waals surface area (Å²) >= 11 is 5.71. The Hall–Kier alpha value is -1.13. The standard InChI is InChI=1S/C12H15ClN2O2/c13-9-3-4-10(14-7-9)11(17)15-12(8-16)5-1-2-6-12/h3-4,7,16H,1-2,5-6,8H2,(H,15,17). The first-order valence-corrected chi connectivity index (χ1v) is 6.08. The second kappa shape index (κ2) is 5.02. The molecule has 0 aromatic carbocycles. The number of carbonyl (C=O) groups excluding carboxylic acids is 1. The summed E-state index contributed by atoms with van der Waals surface area (Å²) in [4.78, 5) is 15.9. The topological polar surface area (TPSA) is 62.2 Å². The van der Waals surface area contributed by atoms with Crippen molar-refractivity contribution in [1.82, 2.24) is 10.3 Å². The van der Waals surface area contributed by atoms with E-state index in [4.69, 9.17) is 11.6 Å². The summed E-state index contributed by atoms with van der Waals surface area (Å²) in [6.45, 7) is -0.0215. The van der Waals surface area contributed by atoms with Crippen LogP contribution in [0.4, 0.5) is 0 Å². The Balaban J connectivity index is 2.08. The number of halogens is 1. The molecular weight excluding hydrogens is 240 g/mol. The average molecular weight is 255 g/mol. The molecule has 2 N–H and O–H groups in total. The number of aliphatic hydroxyl groups excluding tert-OH is 1. The smallest absolute Gasteiger partial charge is 0.270 e. The van der Waals surface area contributed by atoms with Crippen molar-refractivity contribution < 1.29 is 9.90 Å². The van der Waals surface area contributed by atoms with Crippen molar-refractivity contribution in [3.8, 4) is 0 Å². The summed E-state index contributed by atoms with van der Waals surface area (Å²) < 4.78 is 0. The quantitative estimate of drug-likeness (QED) is 0.864. The molecule has 1 saturated carbocycles. The van der Waals surface area contributed by atoms with Gasteiger partial charge in [0.05, 0.1) is 17.2 Å². The van der Waals surface area contributed by atoms with Crippen molar-refractivity contribution >= 4 is 17.5 Å². The van der Waals surface area contributed by atoms with Crippen LogP contribution < -0.4 is 5.32 Å². The lowest BCUT2D eigenvalue weighted by atomic mass is 9.99. The summed E-state index contributed by atoms with van der Waals surface area (Å²) in [5.74, 6) is -0.252. The third-order valence-corrected chi connectivity index (χ3v) is 3.43. The number of carbonyl (C=O) groups is 1. The minimum absolute atomic E-state index is 0.0215. The second-order valence-electron chi connectivity index (χ2n) is 4.46. The van der Waals surface area contributed by atoms with E-state index in [2.05, 4.69) is 10.3 Å². The van der Waals surface area contributed by atoms with Gasteiger partial charge in [0.2, 0.25) is 0 Å². The molecule has 92 valence electrons. The lowest BCUT2D eigenvalue weighted by molar-refractivity contribution is 0.0833. The zero-order chi connectivity index (χ0) is 12.3. The Bertz CT molecular complexity index is 399. The zero-order valence-corrected chi connectivity index (χ0v) is 10.2. The number of amides is 1. The first kappa shape index (κ1) is 12.3. The maximum atomic E-state index is 11.9. The average Bonchev–Trinajstić information content (AvgIpc) is 2.79. The highest BCUT2D eigenvalue weighted by Gasteiger charge is 2.34. The van der Waals surface area contributed by atoms with E-state index in [0.29, 0.717) is 10.7 Å². The van der Waals surface area contributed by atoms with Gasteiger partial charge in [-0.05, 0) is 25.0 Å². The Kier molecular flexibility index (Phi) is 3.64. The van der Waals surface area contributed by atoms with E-state index in [0.717, 1.165) is 25.7 Å². The van der Waals surface area contributed by atoms with Gasteiger partial charge < -0.3 is 10.4 Å². The van der Waals surface area contributed by atoms with Crippen LogP contribution in [0.25, 0.3) is 0 Å². The van der Waals surface area contributed by atoms with Crippen LogP contribution in [0.1, 0.15) is 36.2 Å². The van der Waals surface area contributed by atoms with E-state index in [1.165, 1.54) is 6.20 Å². The van der Waals surface area contributed by atoms with Crippen molar-refractivity contribution in [2.45, 2.75) is 31.2 Å². The van der Waals surface area contributed by atoms with Crippen LogP contribution in [-0.2, 0) is 0 Å². The van der Waals surface area contributed by atoms with Crippen LogP contribution in [0, 0.1) is 0 Å². The molecule has 0 unspecified atom stereocenters. The normalized spacial score (nSPS) is 18.0.